The number of hydrogen-bond donors (Lipinski definition) is 1. The Morgan fingerprint density at radius 2 is 2.04 bits per heavy atom. The third-order valence-corrected chi connectivity index (χ3v) is 5.34. The van der Waals surface area contributed by atoms with Gasteiger partial charge in [0.1, 0.15) is 11.5 Å². The van der Waals surface area contributed by atoms with Gasteiger partial charge in [0.05, 0.1) is 24.6 Å². The van der Waals surface area contributed by atoms with Gasteiger partial charge in [-0.1, -0.05) is 17.7 Å². The number of ether oxygens (including phenoxy) is 2. The highest BCUT2D eigenvalue weighted by atomic mass is 35.5. The predicted octanol–water partition coefficient (Wildman–Crippen LogP) is 3.29. The molecular weight excluding hydrogens is 404 g/mol. The number of nitrogens with zero attached hydrogens (tertiary/aromatic N) is 1. The molecule has 1 amide bonds. The molecule has 0 radical (unpaired) electrons. The van der Waals surface area contributed by atoms with Gasteiger partial charge in [0, 0.05) is 16.8 Å². The summed E-state index contributed by atoms with van der Waals surface area (Å²) in [5.41, 5.74) is 0.839. The first-order valence-corrected chi connectivity index (χ1v) is 10.9. The van der Waals surface area contributed by atoms with E-state index in [1.54, 1.807) is 36.4 Å². The highest BCUT2D eigenvalue weighted by molar-refractivity contribution is 7.92. The van der Waals surface area contributed by atoms with Gasteiger partial charge in [0.2, 0.25) is 10.0 Å². The minimum atomic E-state index is -3.62. The van der Waals surface area contributed by atoms with E-state index in [1.807, 2.05) is 13.8 Å². The first kappa shape index (κ1) is 20.3. The van der Waals surface area contributed by atoms with Crippen molar-refractivity contribution in [3.8, 4) is 11.5 Å². The molecule has 0 saturated heterocycles. The van der Waals surface area contributed by atoms with Crippen molar-refractivity contribution in [3.05, 3.63) is 47.5 Å². The fourth-order valence-corrected chi connectivity index (χ4v) is 3.89. The summed E-state index contributed by atoms with van der Waals surface area (Å²) in [5.74, 6) is 0.434. The topological polar surface area (TPSA) is 84.9 Å². The molecule has 7 nitrogen and oxygen atoms in total. The maximum absolute atomic E-state index is 12.7. The molecule has 3 rings (SSSR count). The Bertz CT molecular complexity index is 994. The summed E-state index contributed by atoms with van der Waals surface area (Å²) in [7, 11) is -3.62. The van der Waals surface area contributed by atoms with Gasteiger partial charge in [-0.25, -0.2) is 8.42 Å². The number of anilines is 2. The molecule has 0 fully saturated rings. The maximum atomic E-state index is 12.7. The van der Waals surface area contributed by atoms with E-state index in [2.05, 4.69) is 5.32 Å². The summed E-state index contributed by atoms with van der Waals surface area (Å²) in [6.07, 6.45) is 0.0578. The Kier molecular flexibility index (Phi) is 5.71. The van der Waals surface area contributed by atoms with Crippen LogP contribution in [0.15, 0.2) is 42.5 Å². The van der Waals surface area contributed by atoms with Crippen LogP contribution < -0.4 is 19.1 Å². The van der Waals surface area contributed by atoms with Gasteiger partial charge in [-0.2, -0.15) is 0 Å². The first-order chi connectivity index (χ1) is 13.1. The van der Waals surface area contributed by atoms with Crippen molar-refractivity contribution in [2.45, 2.75) is 26.1 Å². The minimum Gasteiger partial charge on any atom is -0.491 e. The van der Waals surface area contributed by atoms with E-state index in [-0.39, 0.29) is 18.4 Å². The van der Waals surface area contributed by atoms with Crippen molar-refractivity contribution in [1.29, 1.82) is 0 Å². The van der Waals surface area contributed by atoms with Crippen molar-refractivity contribution in [2.24, 2.45) is 0 Å². The van der Waals surface area contributed by atoms with Gasteiger partial charge < -0.3 is 14.8 Å². The van der Waals surface area contributed by atoms with Crippen LogP contribution in [-0.4, -0.2) is 39.3 Å². The number of fused-ring (bicyclic) bond motifs is 1. The second kappa shape index (κ2) is 7.89. The molecule has 0 aromatic heterocycles. The maximum Gasteiger partial charge on any atom is 0.267 e. The zero-order valence-electron chi connectivity index (χ0n) is 15.7. The monoisotopic (exact) mass is 424 g/mol. The van der Waals surface area contributed by atoms with E-state index in [0.29, 0.717) is 22.1 Å². The Balaban J connectivity index is 1.82. The van der Waals surface area contributed by atoms with Crippen molar-refractivity contribution in [3.63, 3.8) is 0 Å². The Labute approximate surface area is 169 Å². The van der Waals surface area contributed by atoms with E-state index in [0.717, 1.165) is 10.6 Å². The molecule has 0 aliphatic carbocycles. The molecule has 1 aliphatic rings. The van der Waals surface area contributed by atoms with Crippen LogP contribution in [0.5, 0.6) is 11.5 Å². The predicted molar refractivity (Wildman–Crippen MR) is 109 cm³/mol. The third kappa shape index (κ3) is 4.69. The van der Waals surface area contributed by atoms with Crippen LogP contribution in [0, 0.1) is 0 Å². The van der Waals surface area contributed by atoms with Crippen LogP contribution in [0.4, 0.5) is 11.4 Å². The van der Waals surface area contributed by atoms with Crippen LogP contribution >= 0.6 is 11.6 Å². The van der Waals surface area contributed by atoms with Gasteiger partial charge in [-0.05, 0) is 44.2 Å². The molecule has 2 aromatic rings. The number of amides is 1. The molecule has 1 aliphatic heterocycles. The van der Waals surface area contributed by atoms with Gasteiger partial charge in [0.15, 0.2) is 6.10 Å². The van der Waals surface area contributed by atoms with E-state index in [9.17, 15) is 13.2 Å². The van der Waals surface area contributed by atoms with Crippen LogP contribution in [0.25, 0.3) is 0 Å². The number of halogens is 1. The summed E-state index contributed by atoms with van der Waals surface area (Å²) in [5, 5.41) is 3.12. The number of rotatable bonds is 5. The van der Waals surface area contributed by atoms with Crippen LogP contribution in [0.3, 0.4) is 0 Å². The summed E-state index contributed by atoms with van der Waals surface area (Å²) >= 11 is 5.98. The number of carbonyl (C=O) groups is 1. The molecule has 1 atom stereocenters. The van der Waals surface area contributed by atoms with E-state index in [1.165, 1.54) is 6.07 Å². The largest absolute Gasteiger partial charge is 0.491 e. The van der Waals surface area contributed by atoms with E-state index in [4.69, 9.17) is 21.1 Å². The zero-order valence-corrected chi connectivity index (χ0v) is 17.3. The number of carbonyl (C=O) groups excluding carboxylic acids is 1. The first-order valence-electron chi connectivity index (χ1n) is 8.65. The van der Waals surface area contributed by atoms with Gasteiger partial charge >= 0.3 is 0 Å². The van der Waals surface area contributed by atoms with Crippen molar-refractivity contribution in [1.82, 2.24) is 0 Å². The fraction of sp³-hybridized carbons (Fsp3) is 0.316. The molecule has 1 heterocycles. The van der Waals surface area contributed by atoms with Crippen molar-refractivity contribution < 1.29 is 22.7 Å². The van der Waals surface area contributed by atoms with Crippen LogP contribution in [-0.2, 0) is 14.8 Å². The van der Waals surface area contributed by atoms with Gasteiger partial charge in [-0.3, -0.25) is 9.10 Å². The van der Waals surface area contributed by atoms with Crippen molar-refractivity contribution >= 4 is 38.9 Å². The average molecular weight is 425 g/mol. The molecule has 2 aromatic carbocycles. The van der Waals surface area contributed by atoms with Crippen LogP contribution in [0.1, 0.15) is 13.8 Å². The highest BCUT2D eigenvalue weighted by Gasteiger charge is 2.35. The summed E-state index contributed by atoms with van der Waals surface area (Å²) < 4.78 is 36.9. The normalized spacial score (nSPS) is 16.3. The lowest BCUT2D eigenvalue weighted by Gasteiger charge is -2.34. The lowest BCUT2D eigenvalue weighted by atomic mass is 10.2. The Morgan fingerprint density at radius 1 is 1.29 bits per heavy atom. The highest BCUT2D eigenvalue weighted by Crippen LogP contribution is 2.37. The second-order valence-electron chi connectivity index (χ2n) is 6.70. The molecule has 0 bridgehead atoms. The summed E-state index contributed by atoms with van der Waals surface area (Å²) in [6, 6.07) is 11.6. The average Bonchev–Trinajstić information content (AvgIpc) is 2.59. The van der Waals surface area contributed by atoms with Crippen LogP contribution in [0.2, 0.25) is 5.02 Å². The Hall–Kier alpha value is -2.45. The summed E-state index contributed by atoms with van der Waals surface area (Å²) in [6.45, 7) is 3.66. The van der Waals surface area contributed by atoms with E-state index >= 15 is 0 Å². The smallest absolute Gasteiger partial charge is 0.267 e. The number of nitrogens with one attached hydrogen (secondary N) is 1. The third-order valence-electron chi connectivity index (χ3n) is 3.96. The number of sulfonamides is 1. The number of hydrogen-bond acceptors (Lipinski definition) is 5. The molecule has 1 N–H and O–H groups in total. The molecule has 9 heteroatoms. The zero-order chi connectivity index (χ0) is 20.5. The molecule has 0 unspecified atom stereocenters. The SMILES string of the molecule is CC(C)Oc1cccc(NC(=O)[C@H]2CN(S(C)(=O)=O)c3cc(Cl)ccc3O2)c1. The quantitative estimate of drug-likeness (QED) is 0.796. The standard InChI is InChI=1S/C19H21ClN2O5S/c1-12(2)26-15-6-4-5-14(10-15)21-19(23)18-11-22(28(3,24)25)16-9-13(20)7-8-17(16)27-18/h4-10,12,18H,11H2,1-3H3,(H,21,23)/t18-/m1/s1. The van der Waals surface area contributed by atoms with Crippen molar-refractivity contribution in [2.75, 3.05) is 22.4 Å². The molecule has 28 heavy (non-hydrogen) atoms. The van der Waals surface area contributed by atoms with Gasteiger partial charge in [0.25, 0.3) is 5.91 Å². The molecule has 150 valence electrons. The van der Waals surface area contributed by atoms with E-state index < -0.39 is 22.0 Å². The lowest BCUT2D eigenvalue weighted by Crippen LogP contribution is -2.48. The fourth-order valence-electron chi connectivity index (χ4n) is 2.82. The Morgan fingerprint density at radius 3 is 2.71 bits per heavy atom. The minimum absolute atomic E-state index is 0.000672. The summed E-state index contributed by atoms with van der Waals surface area (Å²) in [4.78, 5) is 12.7. The molecular formula is C19H21ClN2O5S. The second-order valence-corrected chi connectivity index (χ2v) is 9.04. The van der Waals surface area contributed by atoms with Gasteiger partial charge in [-0.15, -0.1) is 0 Å². The lowest BCUT2D eigenvalue weighted by molar-refractivity contribution is -0.122. The molecule has 0 saturated carbocycles. The number of benzene rings is 2. The molecule has 0 spiro atoms.